The zero-order valence-corrected chi connectivity index (χ0v) is 21.9. The maximum absolute atomic E-state index is 13.9. The van der Waals surface area contributed by atoms with Crippen LogP contribution in [0.2, 0.25) is 0 Å². The number of carbonyl (C=O) groups is 1. The molecule has 3 heterocycles. The highest BCUT2D eigenvalue weighted by Gasteiger charge is 2.29. The molecule has 36 heavy (non-hydrogen) atoms. The number of nitrogens with zero attached hydrogens (tertiary/aromatic N) is 2. The number of aliphatic carboxylic acids is 1. The number of carboxylic acids is 1. The Morgan fingerprint density at radius 1 is 1.17 bits per heavy atom. The summed E-state index contributed by atoms with van der Waals surface area (Å²) in [6.07, 6.45) is 2.06. The van der Waals surface area contributed by atoms with Crippen molar-refractivity contribution in [1.29, 1.82) is 0 Å². The van der Waals surface area contributed by atoms with Crippen LogP contribution in [0, 0.1) is 5.82 Å². The van der Waals surface area contributed by atoms with Gasteiger partial charge in [-0.1, -0.05) is 35.2 Å². The number of hydrogen-bond donors (Lipinski definition) is 2. The minimum Gasteiger partial charge on any atom is -0.477 e. The highest BCUT2D eigenvalue weighted by molar-refractivity contribution is 8.03. The first-order chi connectivity index (χ1) is 17.2. The third-order valence-corrected chi connectivity index (χ3v) is 9.50. The maximum atomic E-state index is 13.9. The van der Waals surface area contributed by atoms with Gasteiger partial charge in [0.05, 0.1) is 22.5 Å². The number of aromatic nitrogens is 1. The van der Waals surface area contributed by atoms with Crippen molar-refractivity contribution in [1.82, 2.24) is 0 Å². The number of carboxylic acid groups (broad SMARTS) is 1. The topological polar surface area (TPSA) is 98.8 Å². The van der Waals surface area contributed by atoms with Crippen LogP contribution in [0.25, 0.3) is 26.7 Å². The molecule has 0 saturated carbocycles. The van der Waals surface area contributed by atoms with Gasteiger partial charge < -0.3 is 10.0 Å². The Morgan fingerprint density at radius 3 is 2.72 bits per heavy atom. The van der Waals surface area contributed by atoms with Crippen LogP contribution in [0.3, 0.4) is 0 Å². The molecule has 0 aliphatic carbocycles. The van der Waals surface area contributed by atoms with E-state index >= 15 is 0 Å². The van der Waals surface area contributed by atoms with Gasteiger partial charge in [0, 0.05) is 22.4 Å². The lowest BCUT2D eigenvalue weighted by Crippen LogP contribution is -2.39. The normalized spacial score (nSPS) is 14.6. The van der Waals surface area contributed by atoms with Crippen LogP contribution in [0.5, 0.6) is 0 Å². The average Bonchev–Trinajstić information content (AvgIpc) is 3.52. The van der Waals surface area contributed by atoms with Crippen molar-refractivity contribution in [2.24, 2.45) is 0 Å². The van der Waals surface area contributed by atoms with Crippen molar-refractivity contribution in [3.8, 4) is 10.4 Å². The number of thiazole rings is 1. The van der Waals surface area contributed by atoms with Crippen LogP contribution in [0.1, 0.15) is 11.4 Å². The summed E-state index contributed by atoms with van der Waals surface area (Å²) in [5.74, 6) is -1.87. The summed E-state index contributed by atoms with van der Waals surface area (Å²) < 4.78 is 48.2. The molecule has 0 unspecified atom stereocenters. The van der Waals surface area contributed by atoms with Gasteiger partial charge in [-0.2, -0.15) is 13.0 Å². The average molecular weight is 564 g/mol. The van der Waals surface area contributed by atoms with Crippen molar-refractivity contribution in [3.63, 3.8) is 0 Å². The lowest BCUT2D eigenvalue weighted by molar-refractivity contribution is -0.657. The van der Waals surface area contributed by atoms with E-state index in [4.69, 9.17) is 0 Å². The van der Waals surface area contributed by atoms with E-state index in [1.165, 1.54) is 35.2 Å². The Balaban J connectivity index is 1.58. The minimum absolute atomic E-state index is 0.201. The van der Waals surface area contributed by atoms with Crippen LogP contribution in [0.4, 0.5) is 10.1 Å². The van der Waals surface area contributed by atoms with E-state index in [0.29, 0.717) is 17.1 Å². The number of benzene rings is 2. The molecule has 186 valence electrons. The summed E-state index contributed by atoms with van der Waals surface area (Å²) in [6, 6.07) is 14.4. The molecule has 2 N–H and O–H groups in total. The van der Waals surface area contributed by atoms with Gasteiger partial charge in [0.25, 0.3) is 15.1 Å². The molecule has 7 nitrogen and oxygen atoms in total. The summed E-state index contributed by atoms with van der Waals surface area (Å²) in [5.41, 5.74) is 2.43. The SMILES string of the molecule is O=C(O)C[n+]1c(/C=C2\Sc3ccc(-c4cccs4)cc3N2CCCS(=O)(=O)O)sc2ccc(F)cc21. The summed E-state index contributed by atoms with van der Waals surface area (Å²) in [4.78, 5) is 15.6. The molecule has 0 bridgehead atoms. The smallest absolute Gasteiger partial charge is 0.370 e. The number of halogens is 1. The standard InChI is InChI=1S/C24H19FN2O5S4/c25-16-5-7-21-18(12-16)27(14-24(28)29)23(35-21)13-22-26(8-2-10-36(30,31)32)17-11-15(4-6-20(17)34-22)19-3-1-9-33-19/h1,3-7,9,11-13H,2,8,10,14H2,(H-,28,29,30,31,32)/p+1. The fourth-order valence-corrected chi connectivity index (χ4v) is 7.50. The predicted octanol–water partition coefficient (Wildman–Crippen LogP) is 5.33. The zero-order chi connectivity index (χ0) is 25.4. The van der Waals surface area contributed by atoms with Crippen LogP contribution in [-0.2, 0) is 21.5 Å². The van der Waals surface area contributed by atoms with Crippen LogP contribution in [-0.4, -0.2) is 36.3 Å². The largest absolute Gasteiger partial charge is 0.477 e. The van der Waals surface area contributed by atoms with Gasteiger partial charge in [-0.15, -0.1) is 11.3 Å². The highest BCUT2D eigenvalue weighted by Crippen LogP contribution is 2.48. The molecule has 0 saturated heterocycles. The van der Waals surface area contributed by atoms with E-state index in [0.717, 1.165) is 30.8 Å². The number of hydrogen-bond acceptors (Lipinski definition) is 7. The van der Waals surface area contributed by atoms with Crippen LogP contribution < -0.4 is 9.47 Å². The third kappa shape index (κ3) is 5.32. The van der Waals surface area contributed by atoms with E-state index in [9.17, 15) is 27.3 Å². The van der Waals surface area contributed by atoms with Crippen LogP contribution in [0.15, 0.2) is 63.8 Å². The Bertz CT molecular complexity index is 1600. The van der Waals surface area contributed by atoms with Gasteiger partial charge in [0.1, 0.15) is 10.5 Å². The maximum Gasteiger partial charge on any atom is 0.370 e. The van der Waals surface area contributed by atoms with Gasteiger partial charge >= 0.3 is 5.97 Å². The van der Waals surface area contributed by atoms with E-state index < -0.39 is 21.9 Å². The first kappa shape index (κ1) is 24.9. The number of anilines is 1. The minimum atomic E-state index is -4.11. The van der Waals surface area contributed by atoms with Gasteiger partial charge in [-0.3, -0.25) is 4.55 Å². The summed E-state index contributed by atoms with van der Waals surface area (Å²) in [5, 5.41) is 12.9. The lowest BCUT2D eigenvalue weighted by Gasteiger charge is -2.20. The molecule has 0 spiro atoms. The molecular formula is C24H20FN2O5S4+. The Morgan fingerprint density at radius 2 is 2.00 bits per heavy atom. The highest BCUT2D eigenvalue weighted by atomic mass is 32.2. The van der Waals surface area contributed by atoms with Gasteiger partial charge in [-0.05, 0) is 47.7 Å². The van der Waals surface area contributed by atoms with Gasteiger partial charge in [0.15, 0.2) is 0 Å². The Labute approximate surface area is 218 Å². The molecule has 0 fully saturated rings. The van der Waals surface area contributed by atoms with E-state index in [-0.39, 0.29) is 18.7 Å². The second-order valence-corrected chi connectivity index (χ2v) is 12.7. The molecule has 12 heteroatoms. The molecule has 0 radical (unpaired) electrons. The molecule has 5 rings (SSSR count). The summed E-state index contributed by atoms with van der Waals surface area (Å²) >= 11 is 4.47. The van der Waals surface area contributed by atoms with Crippen LogP contribution >= 0.6 is 34.4 Å². The number of thiophene rings is 1. The number of rotatable bonds is 8. The van der Waals surface area contributed by atoms with E-state index in [1.807, 2.05) is 46.7 Å². The summed E-state index contributed by atoms with van der Waals surface area (Å²) in [7, 11) is -4.11. The van der Waals surface area contributed by atoms with Gasteiger partial charge in [-0.25, -0.2) is 9.18 Å². The molecule has 4 aromatic rings. The quantitative estimate of drug-likeness (QED) is 0.221. The third-order valence-electron chi connectivity index (χ3n) is 5.55. The second-order valence-electron chi connectivity index (χ2n) is 8.07. The first-order valence-electron chi connectivity index (χ1n) is 10.8. The van der Waals surface area contributed by atoms with Crippen molar-refractivity contribution < 1.29 is 31.8 Å². The van der Waals surface area contributed by atoms with Crippen molar-refractivity contribution in [2.45, 2.75) is 17.9 Å². The number of thioether (sulfide) groups is 1. The van der Waals surface area contributed by atoms with Crippen molar-refractivity contribution >= 4 is 72.5 Å². The first-order valence-corrected chi connectivity index (χ1v) is 14.9. The van der Waals surface area contributed by atoms with E-state index in [1.54, 1.807) is 22.0 Å². The molecule has 1 aliphatic heterocycles. The molecule has 1 aliphatic rings. The lowest BCUT2D eigenvalue weighted by atomic mass is 10.1. The molecule has 2 aromatic heterocycles. The fourth-order valence-electron chi connectivity index (χ4n) is 4.03. The second kappa shape index (κ2) is 9.94. The molecule has 0 atom stereocenters. The summed E-state index contributed by atoms with van der Waals surface area (Å²) in [6.45, 7) is 0.00341. The monoisotopic (exact) mass is 563 g/mol. The van der Waals surface area contributed by atoms with E-state index in [2.05, 4.69) is 0 Å². The van der Waals surface area contributed by atoms with Gasteiger partial charge in [0.2, 0.25) is 12.1 Å². The van der Waals surface area contributed by atoms with Crippen molar-refractivity contribution in [3.05, 3.63) is 69.8 Å². The predicted molar refractivity (Wildman–Crippen MR) is 142 cm³/mol. The molecule has 0 amide bonds. The molecule has 2 aromatic carbocycles. The van der Waals surface area contributed by atoms with Crippen molar-refractivity contribution in [2.75, 3.05) is 17.2 Å². The Kier molecular flexibility index (Phi) is 6.88. The fraction of sp³-hybridized carbons (Fsp3) is 0.167. The zero-order valence-electron chi connectivity index (χ0n) is 18.6. The Hall–Kier alpha value is -2.77. The number of fused-ring (bicyclic) bond motifs is 2. The molecular weight excluding hydrogens is 544 g/mol.